The van der Waals surface area contributed by atoms with E-state index < -0.39 is 5.41 Å². The van der Waals surface area contributed by atoms with Crippen LogP contribution in [0.4, 0.5) is 0 Å². The third-order valence-corrected chi connectivity index (χ3v) is 3.68. The summed E-state index contributed by atoms with van der Waals surface area (Å²) < 4.78 is 10.6. The van der Waals surface area contributed by atoms with Crippen molar-refractivity contribution < 1.29 is 13.9 Å². The van der Waals surface area contributed by atoms with Crippen LogP contribution >= 0.6 is 0 Å². The van der Waals surface area contributed by atoms with Gasteiger partial charge in [-0.05, 0) is 31.4 Å². The van der Waals surface area contributed by atoms with Crippen molar-refractivity contribution in [3.63, 3.8) is 0 Å². The van der Waals surface area contributed by atoms with Crippen LogP contribution in [0.5, 0.6) is 0 Å². The van der Waals surface area contributed by atoms with Gasteiger partial charge in [-0.15, -0.1) is 0 Å². The molecule has 108 valence electrons. The van der Waals surface area contributed by atoms with E-state index in [2.05, 4.69) is 11.4 Å². The lowest BCUT2D eigenvalue weighted by Crippen LogP contribution is -2.38. The highest BCUT2D eigenvalue weighted by Gasteiger charge is 2.41. The first-order valence-electron chi connectivity index (χ1n) is 7.06. The largest absolute Gasteiger partial charge is 0.467 e. The Morgan fingerprint density at radius 3 is 2.95 bits per heavy atom. The van der Waals surface area contributed by atoms with Gasteiger partial charge in [0.25, 0.3) is 0 Å². The van der Waals surface area contributed by atoms with Crippen molar-refractivity contribution in [2.45, 2.75) is 38.7 Å². The van der Waals surface area contributed by atoms with E-state index in [0.29, 0.717) is 32.6 Å². The summed E-state index contributed by atoms with van der Waals surface area (Å²) in [5.74, 6) is 0.673. The molecule has 1 aliphatic carbocycles. The van der Waals surface area contributed by atoms with Crippen molar-refractivity contribution in [2.75, 3.05) is 13.2 Å². The Bertz CT molecular complexity index is 456. The molecule has 1 fully saturated rings. The minimum atomic E-state index is -0.783. The van der Waals surface area contributed by atoms with Crippen LogP contribution in [0.3, 0.4) is 0 Å². The molecule has 1 saturated carbocycles. The topological polar surface area (TPSA) is 75.3 Å². The van der Waals surface area contributed by atoms with Crippen LogP contribution < -0.4 is 5.32 Å². The first-order chi connectivity index (χ1) is 9.77. The van der Waals surface area contributed by atoms with Gasteiger partial charge in [-0.3, -0.25) is 4.79 Å². The van der Waals surface area contributed by atoms with E-state index in [1.54, 1.807) is 6.26 Å². The molecule has 0 radical (unpaired) electrons. The number of furan rings is 1. The minimum absolute atomic E-state index is 0.122. The summed E-state index contributed by atoms with van der Waals surface area (Å²) in [7, 11) is 0. The van der Waals surface area contributed by atoms with Gasteiger partial charge >= 0.3 is 0 Å². The number of ether oxygens (including phenoxy) is 1. The van der Waals surface area contributed by atoms with E-state index in [0.717, 1.165) is 25.0 Å². The van der Waals surface area contributed by atoms with Gasteiger partial charge in [-0.2, -0.15) is 5.26 Å². The Balaban J connectivity index is 1.59. The van der Waals surface area contributed by atoms with E-state index in [4.69, 9.17) is 9.15 Å². The van der Waals surface area contributed by atoms with Gasteiger partial charge in [0, 0.05) is 13.2 Å². The molecule has 0 aromatic carbocycles. The Kier molecular flexibility index (Phi) is 5.19. The molecule has 2 rings (SSSR count). The molecule has 5 heteroatoms. The van der Waals surface area contributed by atoms with Crippen LogP contribution in [0.2, 0.25) is 0 Å². The average molecular weight is 276 g/mol. The summed E-state index contributed by atoms with van der Waals surface area (Å²) in [4.78, 5) is 12.0. The molecule has 5 nitrogen and oxygen atoms in total. The first kappa shape index (κ1) is 14.6. The highest BCUT2D eigenvalue weighted by molar-refractivity contribution is 5.85. The number of rotatable bonds is 7. The number of carbonyl (C=O) groups excluding carboxylic acids is 1. The molecule has 1 N–H and O–H groups in total. The fraction of sp³-hybridized carbons (Fsp3) is 0.600. The zero-order valence-electron chi connectivity index (χ0n) is 11.6. The number of amides is 1. The van der Waals surface area contributed by atoms with Gasteiger partial charge in [-0.25, -0.2) is 0 Å². The second-order valence-corrected chi connectivity index (χ2v) is 5.14. The maximum atomic E-state index is 12.0. The van der Waals surface area contributed by atoms with Crippen molar-refractivity contribution in [1.82, 2.24) is 5.32 Å². The number of hydrogen-bond donors (Lipinski definition) is 1. The lowest BCUT2D eigenvalue weighted by Gasteiger charge is -2.19. The van der Waals surface area contributed by atoms with Crippen molar-refractivity contribution >= 4 is 5.91 Å². The number of nitriles is 1. The fourth-order valence-corrected chi connectivity index (χ4v) is 2.48. The summed E-state index contributed by atoms with van der Waals surface area (Å²) in [5, 5.41) is 12.0. The van der Waals surface area contributed by atoms with Crippen LogP contribution in [-0.4, -0.2) is 19.1 Å². The third kappa shape index (κ3) is 3.61. The molecule has 1 aromatic heterocycles. The summed E-state index contributed by atoms with van der Waals surface area (Å²) in [5.41, 5.74) is -0.783. The average Bonchev–Trinajstić information content (AvgIpc) is 3.13. The molecule has 0 bridgehead atoms. The van der Waals surface area contributed by atoms with Crippen LogP contribution in [0.1, 0.15) is 37.9 Å². The standard InChI is InChI=1S/C15H20N2O3/c16-12-15(6-1-2-7-15)14(18)17-8-4-9-19-11-13-5-3-10-20-13/h3,5,10H,1-2,4,6-9,11H2,(H,17,18). The second-order valence-electron chi connectivity index (χ2n) is 5.14. The number of hydrogen-bond acceptors (Lipinski definition) is 4. The summed E-state index contributed by atoms with van der Waals surface area (Å²) >= 11 is 0. The molecule has 0 aliphatic heterocycles. The number of nitrogens with one attached hydrogen (secondary N) is 1. The van der Waals surface area contributed by atoms with Crippen LogP contribution in [-0.2, 0) is 16.1 Å². The predicted octanol–water partition coefficient (Wildman–Crippen LogP) is 2.39. The van der Waals surface area contributed by atoms with Crippen molar-refractivity contribution in [2.24, 2.45) is 5.41 Å². The second kappa shape index (κ2) is 7.11. The molecule has 0 unspecified atom stereocenters. The third-order valence-electron chi connectivity index (χ3n) is 3.68. The summed E-state index contributed by atoms with van der Waals surface area (Å²) in [6.45, 7) is 1.55. The molecular formula is C15H20N2O3. The predicted molar refractivity (Wildman–Crippen MR) is 72.5 cm³/mol. The summed E-state index contributed by atoms with van der Waals surface area (Å²) in [6.07, 6.45) is 5.64. The summed E-state index contributed by atoms with van der Waals surface area (Å²) in [6, 6.07) is 5.87. The van der Waals surface area contributed by atoms with Crippen LogP contribution in [0.25, 0.3) is 0 Å². The number of nitrogens with zero attached hydrogens (tertiary/aromatic N) is 1. The van der Waals surface area contributed by atoms with Crippen molar-refractivity contribution in [3.05, 3.63) is 24.2 Å². The van der Waals surface area contributed by atoms with Gasteiger partial charge in [0.15, 0.2) is 0 Å². The lowest BCUT2D eigenvalue weighted by atomic mass is 9.87. The van der Waals surface area contributed by atoms with Crippen molar-refractivity contribution in [1.29, 1.82) is 5.26 Å². The van der Waals surface area contributed by atoms with Crippen molar-refractivity contribution in [3.8, 4) is 6.07 Å². The van der Waals surface area contributed by atoms with E-state index >= 15 is 0 Å². The van der Waals surface area contributed by atoms with Gasteiger partial charge in [-0.1, -0.05) is 12.8 Å². The molecule has 20 heavy (non-hydrogen) atoms. The smallest absolute Gasteiger partial charge is 0.240 e. The lowest BCUT2D eigenvalue weighted by molar-refractivity contribution is -0.128. The number of carbonyl (C=O) groups is 1. The molecule has 1 amide bonds. The highest BCUT2D eigenvalue weighted by Crippen LogP contribution is 2.37. The molecular weight excluding hydrogens is 256 g/mol. The van der Waals surface area contributed by atoms with E-state index in [1.807, 2.05) is 12.1 Å². The van der Waals surface area contributed by atoms with Crippen LogP contribution in [0.15, 0.2) is 22.8 Å². The van der Waals surface area contributed by atoms with Crippen LogP contribution in [0, 0.1) is 16.7 Å². The maximum Gasteiger partial charge on any atom is 0.240 e. The zero-order chi connectivity index (χ0) is 14.3. The maximum absolute atomic E-state index is 12.0. The monoisotopic (exact) mass is 276 g/mol. The SMILES string of the molecule is N#CC1(C(=O)NCCCOCc2ccco2)CCCC1. The molecule has 1 heterocycles. The Hall–Kier alpha value is -1.80. The van der Waals surface area contributed by atoms with E-state index in [1.165, 1.54) is 0 Å². The first-order valence-corrected chi connectivity index (χ1v) is 7.06. The Labute approximate surface area is 118 Å². The molecule has 0 spiro atoms. The minimum Gasteiger partial charge on any atom is -0.467 e. The van der Waals surface area contributed by atoms with Gasteiger partial charge in [0.2, 0.25) is 5.91 Å². The zero-order valence-corrected chi connectivity index (χ0v) is 11.6. The normalized spacial score (nSPS) is 16.8. The molecule has 0 atom stereocenters. The van der Waals surface area contributed by atoms with Gasteiger partial charge in [0.1, 0.15) is 17.8 Å². The fourth-order valence-electron chi connectivity index (χ4n) is 2.48. The van der Waals surface area contributed by atoms with E-state index in [9.17, 15) is 10.1 Å². The molecule has 1 aromatic rings. The molecule has 1 aliphatic rings. The van der Waals surface area contributed by atoms with Gasteiger partial charge < -0.3 is 14.5 Å². The molecule has 0 saturated heterocycles. The van der Waals surface area contributed by atoms with Gasteiger partial charge in [0.05, 0.1) is 12.3 Å². The Morgan fingerprint density at radius 2 is 2.30 bits per heavy atom. The van der Waals surface area contributed by atoms with E-state index in [-0.39, 0.29) is 5.91 Å². The highest BCUT2D eigenvalue weighted by atomic mass is 16.5. The Morgan fingerprint density at radius 1 is 1.50 bits per heavy atom. The quantitative estimate of drug-likeness (QED) is 0.776.